The van der Waals surface area contributed by atoms with Crippen LogP contribution in [0, 0.1) is 0 Å². The molecule has 0 aromatic heterocycles. The highest BCUT2D eigenvalue weighted by atomic mass is 35.5. The number of carbonyl (C=O) groups excluding carboxylic acids is 2. The number of imide groups is 1. The first-order chi connectivity index (χ1) is 11.0. The quantitative estimate of drug-likeness (QED) is 0.734. The van der Waals surface area contributed by atoms with Gasteiger partial charge in [-0.25, -0.2) is 0 Å². The molecule has 0 bridgehead atoms. The van der Waals surface area contributed by atoms with Crippen molar-refractivity contribution in [2.24, 2.45) is 0 Å². The first kappa shape index (κ1) is 16.7. The molecule has 23 heavy (non-hydrogen) atoms. The molecule has 1 aromatic rings. The highest BCUT2D eigenvalue weighted by molar-refractivity contribution is 6.43. The monoisotopic (exact) mass is 359 g/mol. The van der Waals surface area contributed by atoms with Crippen molar-refractivity contribution in [3.63, 3.8) is 0 Å². The van der Waals surface area contributed by atoms with Gasteiger partial charge in [0.05, 0.1) is 40.9 Å². The van der Waals surface area contributed by atoms with Crippen molar-refractivity contribution >= 4 is 35.0 Å². The number of rotatable bonds is 4. The molecule has 3 rings (SSSR count). The standard InChI is InChI=1S/C15H16Cl2N2O4/c16-12-5-10-11(6-13(12)17)15(22)19(14(10)21)8-9(20)7-18-1-3-23-4-2-18/h5-6,9,20H,1-4,7-8H2/p+1/t9-/m1/s1. The number of aliphatic hydroxyl groups excluding tert-OH is 1. The number of fused-ring (bicyclic) bond motifs is 1. The van der Waals surface area contributed by atoms with Gasteiger partial charge in [0, 0.05) is 0 Å². The smallest absolute Gasteiger partial charge is 0.261 e. The molecule has 1 saturated heterocycles. The van der Waals surface area contributed by atoms with Gasteiger partial charge in [-0.2, -0.15) is 0 Å². The van der Waals surface area contributed by atoms with Gasteiger partial charge in [-0.3, -0.25) is 14.5 Å². The average molecular weight is 360 g/mol. The number of β-amino-alcohol motifs (C(OH)–C–C–N with tert-alkyl or cyclic N) is 1. The van der Waals surface area contributed by atoms with Crippen LogP contribution in [0.15, 0.2) is 12.1 Å². The molecular formula is C15H17Cl2N2O4+. The molecular weight excluding hydrogens is 343 g/mol. The molecule has 124 valence electrons. The Morgan fingerprint density at radius 1 is 1.13 bits per heavy atom. The van der Waals surface area contributed by atoms with E-state index in [1.165, 1.54) is 17.0 Å². The Bertz CT molecular complexity index is 606. The number of benzene rings is 1. The van der Waals surface area contributed by atoms with Crippen molar-refractivity contribution in [2.45, 2.75) is 6.10 Å². The maximum Gasteiger partial charge on any atom is 0.261 e. The molecule has 2 heterocycles. The van der Waals surface area contributed by atoms with Crippen LogP contribution in [0.3, 0.4) is 0 Å². The van der Waals surface area contributed by atoms with Crippen LogP contribution in [0.5, 0.6) is 0 Å². The zero-order chi connectivity index (χ0) is 16.6. The van der Waals surface area contributed by atoms with Crippen molar-refractivity contribution in [3.05, 3.63) is 33.3 Å². The van der Waals surface area contributed by atoms with Gasteiger partial charge in [0.1, 0.15) is 25.7 Å². The Kier molecular flexibility index (Phi) is 4.89. The largest absolute Gasteiger partial charge is 0.385 e. The summed E-state index contributed by atoms with van der Waals surface area (Å²) in [6.45, 7) is 3.37. The lowest BCUT2D eigenvalue weighted by Gasteiger charge is -2.27. The summed E-state index contributed by atoms with van der Waals surface area (Å²) in [6.07, 6.45) is -0.781. The van der Waals surface area contributed by atoms with Crippen LogP contribution >= 0.6 is 23.2 Å². The topological polar surface area (TPSA) is 71.3 Å². The molecule has 2 aliphatic rings. The van der Waals surface area contributed by atoms with Gasteiger partial charge in [-0.1, -0.05) is 23.2 Å². The fourth-order valence-electron chi connectivity index (χ4n) is 2.92. The van der Waals surface area contributed by atoms with Gasteiger partial charge in [-0.05, 0) is 12.1 Å². The van der Waals surface area contributed by atoms with Crippen LogP contribution in [0.4, 0.5) is 0 Å². The molecule has 0 aliphatic carbocycles. The lowest BCUT2D eigenvalue weighted by Crippen LogP contribution is -3.15. The Labute approximate surface area is 143 Å². The predicted octanol–water partition coefficient (Wildman–Crippen LogP) is -0.135. The molecule has 8 heteroatoms. The molecule has 1 aromatic carbocycles. The summed E-state index contributed by atoms with van der Waals surface area (Å²) in [5.41, 5.74) is 0.464. The second-order valence-electron chi connectivity index (χ2n) is 5.75. The number of aliphatic hydroxyl groups is 1. The van der Waals surface area contributed by atoms with Crippen LogP contribution in [-0.4, -0.2) is 67.3 Å². The second kappa shape index (κ2) is 6.75. The Hall–Kier alpha value is -1.18. The summed E-state index contributed by atoms with van der Waals surface area (Å²) < 4.78 is 5.27. The van der Waals surface area contributed by atoms with Crippen LogP contribution < -0.4 is 4.90 Å². The zero-order valence-electron chi connectivity index (χ0n) is 12.3. The van der Waals surface area contributed by atoms with Crippen LogP contribution in [0.1, 0.15) is 20.7 Å². The zero-order valence-corrected chi connectivity index (χ0v) is 13.9. The molecule has 0 saturated carbocycles. The number of morpholine rings is 1. The molecule has 1 fully saturated rings. The third kappa shape index (κ3) is 3.36. The normalized spacial score (nSPS) is 20.0. The fourth-order valence-corrected chi connectivity index (χ4v) is 3.25. The summed E-state index contributed by atoms with van der Waals surface area (Å²) >= 11 is 11.8. The van der Waals surface area contributed by atoms with Crippen LogP contribution in [-0.2, 0) is 4.74 Å². The van der Waals surface area contributed by atoms with E-state index in [1.807, 2.05) is 0 Å². The minimum absolute atomic E-state index is 0.0358. The van der Waals surface area contributed by atoms with Gasteiger partial charge >= 0.3 is 0 Å². The molecule has 1 atom stereocenters. The Morgan fingerprint density at radius 2 is 1.65 bits per heavy atom. The third-order valence-electron chi connectivity index (χ3n) is 4.13. The van der Waals surface area contributed by atoms with E-state index >= 15 is 0 Å². The van der Waals surface area contributed by atoms with E-state index in [4.69, 9.17) is 27.9 Å². The van der Waals surface area contributed by atoms with Crippen molar-refractivity contribution in [2.75, 3.05) is 39.4 Å². The lowest BCUT2D eigenvalue weighted by molar-refractivity contribution is -0.910. The number of hydrogen-bond donors (Lipinski definition) is 2. The fraction of sp³-hybridized carbons (Fsp3) is 0.467. The highest BCUT2D eigenvalue weighted by Crippen LogP contribution is 2.31. The number of ether oxygens (including phenoxy) is 1. The highest BCUT2D eigenvalue weighted by Gasteiger charge is 2.37. The number of carbonyl (C=O) groups is 2. The maximum absolute atomic E-state index is 12.4. The van der Waals surface area contributed by atoms with Crippen LogP contribution in [0.2, 0.25) is 10.0 Å². The summed E-state index contributed by atoms with van der Waals surface area (Å²) in [6, 6.07) is 2.80. The van der Waals surface area contributed by atoms with Crippen LogP contribution in [0.25, 0.3) is 0 Å². The predicted molar refractivity (Wildman–Crippen MR) is 84.2 cm³/mol. The van der Waals surface area contributed by atoms with E-state index in [2.05, 4.69) is 0 Å². The van der Waals surface area contributed by atoms with E-state index in [9.17, 15) is 14.7 Å². The van der Waals surface area contributed by atoms with Crippen molar-refractivity contribution in [1.82, 2.24) is 4.90 Å². The number of quaternary nitrogens is 1. The van der Waals surface area contributed by atoms with E-state index in [0.29, 0.717) is 19.8 Å². The second-order valence-corrected chi connectivity index (χ2v) is 6.57. The summed E-state index contributed by atoms with van der Waals surface area (Å²) in [5.74, 6) is -0.890. The molecule has 0 spiro atoms. The Balaban J connectivity index is 1.69. The number of nitrogens with one attached hydrogen (secondary N) is 1. The molecule has 2 N–H and O–H groups in total. The molecule has 6 nitrogen and oxygen atoms in total. The Morgan fingerprint density at radius 3 is 2.17 bits per heavy atom. The lowest BCUT2D eigenvalue weighted by atomic mass is 10.1. The molecule has 2 amide bonds. The van der Waals surface area contributed by atoms with Gasteiger partial charge in [-0.15, -0.1) is 0 Å². The van der Waals surface area contributed by atoms with Gasteiger partial charge in [0.15, 0.2) is 0 Å². The maximum atomic E-state index is 12.4. The van der Waals surface area contributed by atoms with Crippen molar-refractivity contribution in [1.29, 1.82) is 0 Å². The number of amides is 2. The molecule has 0 unspecified atom stereocenters. The summed E-state index contributed by atoms with van der Waals surface area (Å²) in [5, 5.41) is 10.7. The van der Waals surface area contributed by atoms with E-state index in [-0.39, 0.29) is 27.7 Å². The van der Waals surface area contributed by atoms with Gasteiger partial charge < -0.3 is 14.7 Å². The van der Waals surface area contributed by atoms with E-state index in [0.717, 1.165) is 18.0 Å². The first-order valence-corrected chi connectivity index (χ1v) is 8.17. The third-order valence-corrected chi connectivity index (χ3v) is 4.85. The number of hydrogen-bond acceptors (Lipinski definition) is 4. The SMILES string of the molecule is O=C1c2cc(Cl)c(Cl)cc2C(=O)N1C[C@H](O)C[NH+]1CCOCC1. The summed E-state index contributed by atoms with van der Waals surface area (Å²) in [4.78, 5) is 27.0. The molecule has 2 aliphatic heterocycles. The minimum atomic E-state index is -0.781. The number of halogens is 2. The molecule has 0 radical (unpaired) electrons. The van der Waals surface area contributed by atoms with Gasteiger partial charge in [0.2, 0.25) is 0 Å². The average Bonchev–Trinajstić information content (AvgIpc) is 2.74. The van der Waals surface area contributed by atoms with Crippen molar-refractivity contribution < 1.29 is 24.3 Å². The summed E-state index contributed by atoms with van der Waals surface area (Å²) in [7, 11) is 0. The van der Waals surface area contributed by atoms with Crippen molar-refractivity contribution in [3.8, 4) is 0 Å². The van der Waals surface area contributed by atoms with E-state index in [1.54, 1.807) is 0 Å². The van der Waals surface area contributed by atoms with E-state index < -0.39 is 17.9 Å². The minimum Gasteiger partial charge on any atom is -0.385 e. The first-order valence-electron chi connectivity index (χ1n) is 7.42. The van der Waals surface area contributed by atoms with Gasteiger partial charge in [0.25, 0.3) is 11.8 Å². The number of nitrogens with zero attached hydrogens (tertiary/aromatic N) is 1.